The zero-order chi connectivity index (χ0) is 16.1. The smallest absolute Gasteiger partial charge is 0.244 e. The molecule has 0 aliphatic heterocycles. The van der Waals surface area contributed by atoms with Gasteiger partial charge in [-0.3, -0.25) is 4.79 Å². The third-order valence-corrected chi connectivity index (χ3v) is 3.80. The van der Waals surface area contributed by atoms with Crippen LogP contribution in [-0.4, -0.2) is 11.6 Å². The van der Waals surface area contributed by atoms with Gasteiger partial charge in [-0.25, -0.2) is 5.43 Å². The highest BCUT2D eigenvalue weighted by Crippen LogP contribution is 2.11. The molecule has 0 aliphatic rings. The van der Waals surface area contributed by atoms with E-state index in [2.05, 4.69) is 17.5 Å². The van der Waals surface area contributed by atoms with Crippen LogP contribution in [0, 0.1) is 13.8 Å². The molecule has 0 aromatic heterocycles. The first-order valence-corrected chi connectivity index (χ1v) is 7.48. The Labute approximate surface area is 136 Å². The largest absolute Gasteiger partial charge is 0.273 e. The first-order chi connectivity index (χ1) is 10.5. The summed E-state index contributed by atoms with van der Waals surface area (Å²) in [5, 5.41) is 4.81. The van der Waals surface area contributed by atoms with Gasteiger partial charge in [0.25, 0.3) is 0 Å². The highest BCUT2D eigenvalue weighted by molar-refractivity contribution is 6.30. The summed E-state index contributed by atoms with van der Waals surface area (Å²) in [6.07, 6.45) is 0.318. The molecule has 4 heteroatoms. The second-order valence-corrected chi connectivity index (χ2v) is 5.77. The lowest BCUT2D eigenvalue weighted by Gasteiger charge is -2.05. The molecule has 0 aliphatic carbocycles. The fraction of sp³-hybridized carbons (Fsp3) is 0.222. The minimum absolute atomic E-state index is 0.128. The molecule has 114 valence electrons. The maximum absolute atomic E-state index is 12.0. The topological polar surface area (TPSA) is 41.5 Å². The molecule has 0 atom stereocenters. The van der Waals surface area contributed by atoms with Crippen molar-refractivity contribution < 1.29 is 4.79 Å². The highest BCUT2D eigenvalue weighted by atomic mass is 35.5. The molecule has 0 saturated carbocycles. The standard InChI is InChI=1S/C18H19ClN2O/c1-12-4-5-15(10-13(12)2)11-18(22)21-20-14(3)16-6-8-17(19)9-7-16/h4-10H,11H2,1-3H3,(H,21,22)/b20-14+. The Bertz CT molecular complexity index is 706. The van der Waals surface area contributed by atoms with E-state index in [4.69, 9.17) is 11.6 Å². The summed E-state index contributed by atoms with van der Waals surface area (Å²) in [6, 6.07) is 13.4. The second kappa shape index (κ2) is 7.23. The molecule has 0 fully saturated rings. The third-order valence-electron chi connectivity index (χ3n) is 3.55. The fourth-order valence-electron chi connectivity index (χ4n) is 2.04. The number of amides is 1. The molecule has 0 unspecified atom stereocenters. The van der Waals surface area contributed by atoms with E-state index in [0.717, 1.165) is 16.8 Å². The highest BCUT2D eigenvalue weighted by Gasteiger charge is 2.04. The fourth-order valence-corrected chi connectivity index (χ4v) is 2.17. The Balaban J connectivity index is 1.98. The summed E-state index contributed by atoms with van der Waals surface area (Å²) >= 11 is 5.85. The Morgan fingerprint density at radius 3 is 2.41 bits per heavy atom. The summed E-state index contributed by atoms with van der Waals surface area (Å²) in [7, 11) is 0. The van der Waals surface area contributed by atoms with Gasteiger partial charge in [-0.05, 0) is 55.2 Å². The van der Waals surface area contributed by atoms with Crippen LogP contribution < -0.4 is 5.43 Å². The van der Waals surface area contributed by atoms with Gasteiger partial charge in [-0.1, -0.05) is 41.9 Å². The molecular weight excluding hydrogens is 296 g/mol. The number of aryl methyl sites for hydroxylation is 2. The predicted octanol–water partition coefficient (Wildman–Crippen LogP) is 4.04. The molecule has 0 spiro atoms. The van der Waals surface area contributed by atoms with Gasteiger partial charge in [0.15, 0.2) is 0 Å². The van der Waals surface area contributed by atoms with Crippen molar-refractivity contribution in [3.8, 4) is 0 Å². The van der Waals surface area contributed by atoms with Gasteiger partial charge in [-0.15, -0.1) is 0 Å². The molecule has 1 N–H and O–H groups in total. The Morgan fingerprint density at radius 2 is 1.77 bits per heavy atom. The number of benzene rings is 2. The van der Waals surface area contributed by atoms with Crippen LogP contribution in [-0.2, 0) is 11.2 Å². The lowest BCUT2D eigenvalue weighted by atomic mass is 10.0. The number of carbonyl (C=O) groups is 1. The number of nitrogens with one attached hydrogen (secondary N) is 1. The van der Waals surface area contributed by atoms with Crippen molar-refractivity contribution >= 4 is 23.2 Å². The molecule has 0 bridgehead atoms. The molecule has 3 nitrogen and oxygen atoms in total. The van der Waals surface area contributed by atoms with Crippen LogP contribution in [0.15, 0.2) is 47.6 Å². The number of hydrogen-bond donors (Lipinski definition) is 1. The zero-order valence-corrected chi connectivity index (χ0v) is 13.7. The van der Waals surface area contributed by atoms with Gasteiger partial charge >= 0.3 is 0 Å². The van der Waals surface area contributed by atoms with Crippen LogP contribution in [0.3, 0.4) is 0 Å². The maximum Gasteiger partial charge on any atom is 0.244 e. The summed E-state index contributed by atoms with van der Waals surface area (Å²) in [4.78, 5) is 12.0. The summed E-state index contributed by atoms with van der Waals surface area (Å²) in [5.41, 5.74) is 7.66. The number of halogens is 1. The lowest BCUT2D eigenvalue weighted by molar-refractivity contribution is -0.120. The Morgan fingerprint density at radius 1 is 1.09 bits per heavy atom. The van der Waals surface area contributed by atoms with E-state index in [1.807, 2.05) is 44.2 Å². The van der Waals surface area contributed by atoms with Crippen LogP contribution in [0.4, 0.5) is 0 Å². The van der Waals surface area contributed by atoms with Crippen molar-refractivity contribution in [1.29, 1.82) is 0 Å². The van der Waals surface area contributed by atoms with Crippen LogP contribution in [0.2, 0.25) is 5.02 Å². The van der Waals surface area contributed by atoms with Crippen molar-refractivity contribution in [3.05, 3.63) is 69.7 Å². The number of hydrazone groups is 1. The number of rotatable bonds is 4. The number of carbonyl (C=O) groups excluding carboxylic acids is 1. The van der Waals surface area contributed by atoms with Gasteiger partial charge in [0, 0.05) is 5.02 Å². The van der Waals surface area contributed by atoms with E-state index in [1.165, 1.54) is 11.1 Å². The Kier molecular flexibility index (Phi) is 5.34. The maximum atomic E-state index is 12.0. The van der Waals surface area contributed by atoms with Gasteiger partial charge < -0.3 is 0 Å². The van der Waals surface area contributed by atoms with E-state index in [-0.39, 0.29) is 5.91 Å². The third kappa shape index (κ3) is 4.43. The van der Waals surface area contributed by atoms with E-state index in [1.54, 1.807) is 12.1 Å². The summed E-state index contributed by atoms with van der Waals surface area (Å²) in [6.45, 7) is 5.94. The monoisotopic (exact) mass is 314 g/mol. The quantitative estimate of drug-likeness (QED) is 0.671. The van der Waals surface area contributed by atoms with Crippen LogP contribution in [0.1, 0.15) is 29.2 Å². The van der Waals surface area contributed by atoms with Crippen molar-refractivity contribution in [2.24, 2.45) is 5.10 Å². The van der Waals surface area contributed by atoms with E-state index < -0.39 is 0 Å². The van der Waals surface area contributed by atoms with Crippen LogP contribution in [0.5, 0.6) is 0 Å². The SMILES string of the molecule is C/C(=N\NC(=O)Cc1ccc(C)c(C)c1)c1ccc(Cl)cc1. The number of hydrogen-bond acceptors (Lipinski definition) is 2. The van der Waals surface area contributed by atoms with Gasteiger partial charge in [0.1, 0.15) is 0 Å². The summed E-state index contributed by atoms with van der Waals surface area (Å²) < 4.78 is 0. The van der Waals surface area contributed by atoms with E-state index in [0.29, 0.717) is 11.4 Å². The van der Waals surface area contributed by atoms with Gasteiger partial charge in [-0.2, -0.15) is 5.10 Å². The molecule has 0 heterocycles. The lowest BCUT2D eigenvalue weighted by Crippen LogP contribution is -2.21. The van der Waals surface area contributed by atoms with Crippen molar-refractivity contribution in [1.82, 2.24) is 5.43 Å². The average Bonchev–Trinajstić information content (AvgIpc) is 2.49. The molecule has 2 aromatic rings. The first kappa shape index (κ1) is 16.2. The minimum Gasteiger partial charge on any atom is -0.273 e. The molecule has 0 radical (unpaired) electrons. The average molecular weight is 315 g/mol. The van der Waals surface area contributed by atoms with Crippen molar-refractivity contribution in [3.63, 3.8) is 0 Å². The Hall–Kier alpha value is -2.13. The first-order valence-electron chi connectivity index (χ1n) is 7.11. The minimum atomic E-state index is -0.128. The molecule has 1 amide bonds. The number of nitrogens with zero attached hydrogens (tertiary/aromatic N) is 1. The van der Waals surface area contributed by atoms with E-state index >= 15 is 0 Å². The van der Waals surface area contributed by atoms with Gasteiger partial charge in [0.05, 0.1) is 12.1 Å². The van der Waals surface area contributed by atoms with Crippen LogP contribution >= 0.6 is 11.6 Å². The van der Waals surface area contributed by atoms with Gasteiger partial charge in [0.2, 0.25) is 5.91 Å². The molecular formula is C18H19ClN2O. The molecule has 22 heavy (non-hydrogen) atoms. The van der Waals surface area contributed by atoms with Crippen LogP contribution in [0.25, 0.3) is 0 Å². The van der Waals surface area contributed by atoms with Crippen molar-refractivity contribution in [2.45, 2.75) is 27.2 Å². The molecule has 2 rings (SSSR count). The van der Waals surface area contributed by atoms with Crippen molar-refractivity contribution in [2.75, 3.05) is 0 Å². The normalized spacial score (nSPS) is 11.4. The zero-order valence-electron chi connectivity index (χ0n) is 13.0. The predicted molar refractivity (Wildman–Crippen MR) is 91.4 cm³/mol. The molecule has 2 aromatic carbocycles. The van der Waals surface area contributed by atoms with E-state index in [9.17, 15) is 4.79 Å². The summed E-state index contributed by atoms with van der Waals surface area (Å²) in [5.74, 6) is -0.128. The molecule has 0 saturated heterocycles. The second-order valence-electron chi connectivity index (χ2n) is 5.33.